The minimum Gasteiger partial charge on any atom is -0.361 e. The van der Waals surface area contributed by atoms with Crippen molar-refractivity contribution in [3.05, 3.63) is 54.1 Å². The summed E-state index contributed by atoms with van der Waals surface area (Å²) in [6.45, 7) is 1.85. The molecule has 0 bridgehead atoms. The molecule has 0 saturated carbocycles. The van der Waals surface area contributed by atoms with Crippen molar-refractivity contribution < 1.29 is 17.2 Å². The molecule has 0 aromatic heterocycles. The van der Waals surface area contributed by atoms with Crippen molar-refractivity contribution in [2.24, 2.45) is 0 Å². The Morgan fingerprint density at radius 2 is 1.67 bits per heavy atom. The lowest BCUT2D eigenvalue weighted by atomic mass is 10.00. The van der Waals surface area contributed by atoms with E-state index in [0.717, 1.165) is 11.1 Å². The molecule has 0 aliphatic heterocycles. The predicted octanol–water partition coefficient (Wildman–Crippen LogP) is 2.84. The molecular formula is C13H12O4S. The molecule has 2 aromatic carbocycles. The smallest absolute Gasteiger partial charge is 0.361 e. The highest BCUT2D eigenvalue weighted by Crippen LogP contribution is 2.33. The Morgan fingerprint density at radius 1 is 1.00 bits per heavy atom. The molecule has 94 valence electrons. The van der Waals surface area contributed by atoms with Gasteiger partial charge in [0.15, 0.2) is 5.75 Å². The molecule has 0 aliphatic rings. The van der Waals surface area contributed by atoms with E-state index in [1.54, 1.807) is 6.07 Å². The summed E-state index contributed by atoms with van der Waals surface area (Å²) >= 11 is 0. The van der Waals surface area contributed by atoms with Crippen LogP contribution in [-0.4, -0.2) is 13.0 Å². The van der Waals surface area contributed by atoms with Gasteiger partial charge in [0.25, 0.3) is 0 Å². The summed E-state index contributed by atoms with van der Waals surface area (Å²) in [5.74, 6) is 0.115. The molecule has 0 amide bonds. The summed E-state index contributed by atoms with van der Waals surface area (Å²) in [7, 11) is -4.52. The first-order valence-corrected chi connectivity index (χ1v) is 6.66. The summed E-state index contributed by atoms with van der Waals surface area (Å²) in [5, 5.41) is 0. The average molecular weight is 264 g/mol. The maximum atomic E-state index is 10.8. The Kier molecular flexibility index (Phi) is 3.36. The fraction of sp³-hybridized carbons (Fsp3) is 0.0769. The summed E-state index contributed by atoms with van der Waals surface area (Å²) in [6, 6.07) is 14.3. The van der Waals surface area contributed by atoms with E-state index in [1.165, 1.54) is 6.07 Å². The Balaban J connectivity index is 2.59. The van der Waals surface area contributed by atoms with Crippen molar-refractivity contribution in [1.29, 1.82) is 0 Å². The highest BCUT2D eigenvalue weighted by Gasteiger charge is 2.14. The fourth-order valence-corrected chi connectivity index (χ4v) is 2.16. The van der Waals surface area contributed by atoms with Crippen molar-refractivity contribution in [3.8, 4) is 16.9 Å². The Labute approximate surface area is 106 Å². The number of hydrogen-bond acceptors (Lipinski definition) is 3. The predicted molar refractivity (Wildman–Crippen MR) is 68.8 cm³/mol. The highest BCUT2D eigenvalue weighted by molar-refractivity contribution is 7.81. The molecule has 0 radical (unpaired) electrons. The summed E-state index contributed by atoms with van der Waals surface area (Å²) in [6.07, 6.45) is 0. The Bertz CT molecular complexity index is 648. The Hall–Kier alpha value is -1.85. The molecule has 0 aliphatic carbocycles. The number of aryl methyl sites for hydroxylation is 1. The van der Waals surface area contributed by atoms with Gasteiger partial charge in [-0.2, -0.15) is 8.42 Å². The van der Waals surface area contributed by atoms with E-state index in [2.05, 4.69) is 4.18 Å². The van der Waals surface area contributed by atoms with E-state index in [9.17, 15) is 8.42 Å². The summed E-state index contributed by atoms with van der Waals surface area (Å²) < 4.78 is 35.0. The van der Waals surface area contributed by atoms with Crippen LogP contribution in [0.3, 0.4) is 0 Å². The van der Waals surface area contributed by atoms with Gasteiger partial charge in [-0.25, -0.2) is 0 Å². The van der Waals surface area contributed by atoms with E-state index in [4.69, 9.17) is 4.55 Å². The lowest BCUT2D eigenvalue weighted by Crippen LogP contribution is -2.07. The maximum absolute atomic E-state index is 10.8. The van der Waals surface area contributed by atoms with Crippen LogP contribution in [0.2, 0.25) is 0 Å². The van der Waals surface area contributed by atoms with Gasteiger partial charge in [0.05, 0.1) is 0 Å². The lowest BCUT2D eigenvalue weighted by molar-refractivity contribution is 0.387. The molecule has 18 heavy (non-hydrogen) atoms. The minimum atomic E-state index is -4.52. The number of benzene rings is 2. The van der Waals surface area contributed by atoms with Crippen molar-refractivity contribution in [2.75, 3.05) is 0 Å². The van der Waals surface area contributed by atoms with E-state index in [-0.39, 0.29) is 5.75 Å². The van der Waals surface area contributed by atoms with Gasteiger partial charge >= 0.3 is 10.4 Å². The first kappa shape index (κ1) is 12.6. The van der Waals surface area contributed by atoms with E-state index < -0.39 is 10.4 Å². The van der Waals surface area contributed by atoms with Gasteiger partial charge < -0.3 is 4.18 Å². The van der Waals surface area contributed by atoms with Gasteiger partial charge in [-0.3, -0.25) is 4.55 Å². The normalized spacial score (nSPS) is 11.2. The first-order chi connectivity index (χ1) is 8.47. The van der Waals surface area contributed by atoms with Crippen LogP contribution in [0.15, 0.2) is 48.5 Å². The highest BCUT2D eigenvalue weighted by atomic mass is 32.3. The molecule has 0 fully saturated rings. The van der Waals surface area contributed by atoms with Crippen molar-refractivity contribution in [3.63, 3.8) is 0 Å². The van der Waals surface area contributed by atoms with Gasteiger partial charge in [-0.05, 0) is 24.1 Å². The lowest BCUT2D eigenvalue weighted by Gasteiger charge is -2.11. The molecule has 2 rings (SSSR count). The van der Waals surface area contributed by atoms with Crippen LogP contribution in [0.5, 0.6) is 5.75 Å². The van der Waals surface area contributed by atoms with Crippen molar-refractivity contribution in [1.82, 2.24) is 0 Å². The average Bonchev–Trinajstić information content (AvgIpc) is 2.28. The van der Waals surface area contributed by atoms with Crippen LogP contribution in [0.4, 0.5) is 0 Å². The molecule has 2 aromatic rings. The standard InChI is InChI=1S/C13H12O4S/c1-10-6-5-9-12(17-18(14,15)16)13(10)11-7-3-2-4-8-11/h2-9H,1H3,(H,14,15,16). The van der Waals surface area contributed by atoms with Crippen LogP contribution >= 0.6 is 0 Å². The minimum absolute atomic E-state index is 0.115. The third-order valence-electron chi connectivity index (χ3n) is 2.49. The summed E-state index contributed by atoms with van der Waals surface area (Å²) in [4.78, 5) is 0. The third kappa shape index (κ3) is 2.88. The van der Waals surface area contributed by atoms with Gasteiger partial charge in [-0.15, -0.1) is 0 Å². The second-order valence-electron chi connectivity index (χ2n) is 3.83. The molecule has 0 saturated heterocycles. The van der Waals surface area contributed by atoms with E-state index in [0.29, 0.717) is 5.56 Å². The largest absolute Gasteiger partial charge is 0.446 e. The number of rotatable bonds is 3. The van der Waals surface area contributed by atoms with Crippen LogP contribution < -0.4 is 4.18 Å². The molecule has 0 spiro atoms. The van der Waals surface area contributed by atoms with Gasteiger partial charge in [0.2, 0.25) is 0 Å². The molecule has 5 heteroatoms. The molecule has 4 nitrogen and oxygen atoms in total. The monoisotopic (exact) mass is 264 g/mol. The van der Waals surface area contributed by atoms with Crippen LogP contribution in [0, 0.1) is 6.92 Å². The molecular weight excluding hydrogens is 252 g/mol. The fourth-order valence-electron chi connectivity index (χ4n) is 1.80. The topological polar surface area (TPSA) is 63.6 Å². The van der Waals surface area contributed by atoms with Gasteiger partial charge in [-0.1, -0.05) is 42.5 Å². The van der Waals surface area contributed by atoms with Crippen LogP contribution in [0.25, 0.3) is 11.1 Å². The van der Waals surface area contributed by atoms with Gasteiger partial charge in [0.1, 0.15) is 0 Å². The SMILES string of the molecule is Cc1cccc(OS(=O)(=O)O)c1-c1ccccc1. The van der Waals surface area contributed by atoms with E-state index in [1.807, 2.05) is 43.3 Å². The molecule has 1 N–H and O–H groups in total. The van der Waals surface area contributed by atoms with Crippen molar-refractivity contribution in [2.45, 2.75) is 6.92 Å². The molecule has 0 atom stereocenters. The zero-order valence-corrected chi connectivity index (χ0v) is 10.5. The molecule has 0 heterocycles. The van der Waals surface area contributed by atoms with Crippen molar-refractivity contribution >= 4 is 10.4 Å². The maximum Gasteiger partial charge on any atom is 0.446 e. The molecule has 0 unspecified atom stereocenters. The quantitative estimate of drug-likeness (QED) is 0.866. The Morgan fingerprint density at radius 3 is 2.28 bits per heavy atom. The second kappa shape index (κ2) is 4.80. The third-order valence-corrected chi connectivity index (χ3v) is 2.88. The summed E-state index contributed by atoms with van der Waals surface area (Å²) in [5.41, 5.74) is 2.34. The van der Waals surface area contributed by atoms with E-state index >= 15 is 0 Å². The second-order valence-corrected chi connectivity index (χ2v) is 4.85. The zero-order valence-electron chi connectivity index (χ0n) is 9.70. The van der Waals surface area contributed by atoms with Gasteiger partial charge in [0, 0.05) is 5.56 Å². The van der Waals surface area contributed by atoms with Crippen LogP contribution in [0.1, 0.15) is 5.56 Å². The zero-order chi connectivity index (χ0) is 13.2. The van der Waals surface area contributed by atoms with Crippen LogP contribution in [-0.2, 0) is 10.4 Å². The number of hydrogen-bond donors (Lipinski definition) is 1. The first-order valence-electron chi connectivity index (χ1n) is 5.29.